The van der Waals surface area contributed by atoms with Crippen LogP contribution in [0.25, 0.3) is 0 Å². The number of unbranched alkanes of at least 4 members (excludes halogenated alkanes) is 2. The maximum absolute atomic E-state index is 11.5. The van der Waals surface area contributed by atoms with Crippen LogP contribution in [-0.2, 0) is 4.79 Å². The topological polar surface area (TPSA) is 100 Å². The molecule has 0 unspecified atom stereocenters. The van der Waals surface area contributed by atoms with E-state index in [2.05, 4.69) is 15.6 Å². The van der Waals surface area contributed by atoms with Crippen molar-refractivity contribution in [1.82, 2.24) is 4.98 Å². The Morgan fingerprint density at radius 3 is 2.75 bits per heavy atom. The number of aliphatic hydroxyl groups excluding tert-OH is 1. The molecular weight excluding hydrogens is 256 g/mol. The van der Waals surface area contributed by atoms with Gasteiger partial charge in [0.15, 0.2) is 0 Å². The van der Waals surface area contributed by atoms with Gasteiger partial charge < -0.3 is 21.5 Å². The first-order valence-corrected chi connectivity index (χ1v) is 7.07. The normalized spacial score (nSPS) is 10.3. The molecule has 0 aliphatic heterocycles. The minimum atomic E-state index is -0.0398. The zero-order valence-electron chi connectivity index (χ0n) is 11.8. The maximum Gasteiger partial charge on any atom is 0.224 e. The smallest absolute Gasteiger partial charge is 0.224 e. The van der Waals surface area contributed by atoms with Crippen molar-refractivity contribution < 1.29 is 9.90 Å². The van der Waals surface area contributed by atoms with E-state index in [9.17, 15) is 4.79 Å². The average molecular weight is 280 g/mol. The Balaban J connectivity index is 2.27. The molecule has 112 valence electrons. The van der Waals surface area contributed by atoms with Crippen molar-refractivity contribution in [3.05, 3.63) is 18.3 Å². The molecule has 20 heavy (non-hydrogen) atoms. The van der Waals surface area contributed by atoms with Crippen LogP contribution >= 0.6 is 0 Å². The summed E-state index contributed by atoms with van der Waals surface area (Å²) < 4.78 is 0. The van der Waals surface area contributed by atoms with E-state index in [1.807, 2.05) is 12.1 Å². The Morgan fingerprint density at radius 2 is 2.10 bits per heavy atom. The number of aromatic nitrogens is 1. The van der Waals surface area contributed by atoms with Gasteiger partial charge in [-0.3, -0.25) is 4.79 Å². The Hall–Kier alpha value is -1.66. The van der Waals surface area contributed by atoms with Gasteiger partial charge in [0.05, 0.1) is 11.9 Å². The first-order chi connectivity index (χ1) is 9.76. The number of hydrogen-bond donors (Lipinski definition) is 4. The summed E-state index contributed by atoms with van der Waals surface area (Å²) in [4.78, 5) is 15.7. The number of aliphatic hydroxyl groups is 1. The van der Waals surface area contributed by atoms with Gasteiger partial charge >= 0.3 is 0 Å². The monoisotopic (exact) mass is 280 g/mol. The lowest BCUT2D eigenvalue weighted by Crippen LogP contribution is -2.13. The van der Waals surface area contributed by atoms with E-state index in [4.69, 9.17) is 10.8 Å². The number of nitrogens with two attached hydrogens (primary N) is 1. The molecule has 5 N–H and O–H groups in total. The lowest BCUT2D eigenvalue weighted by molar-refractivity contribution is -0.116. The quantitative estimate of drug-likeness (QED) is 0.484. The number of hydrogen-bond acceptors (Lipinski definition) is 5. The van der Waals surface area contributed by atoms with Crippen LogP contribution in [-0.4, -0.2) is 35.7 Å². The average Bonchev–Trinajstić information content (AvgIpc) is 2.46. The Labute approximate surface area is 119 Å². The fraction of sp³-hybridized carbons (Fsp3) is 0.571. The second-order valence-electron chi connectivity index (χ2n) is 4.58. The fourth-order valence-corrected chi connectivity index (χ4v) is 1.69. The molecule has 0 fully saturated rings. The SMILES string of the molecule is NCCCC(=O)Nc1ccc(NCCCCCO)nc1. The Morgan fingerprint density at radius 1 is 1.25 bits per heavy atom. The molecule has 0 aliphatic rings. The minimum absolute atomic E-state index is 0.0398. The number of carbonyl (C=O) groups is 1. The molecule has 1 amide bonds. The number of nitrogens with zero attached hydrogens (tertiary/aromatic N) is 1. The van der Waals surface area contributed by atoms with Crippen LogP contribution in [0, 0.1) is 0 Å². The molecule has 0 saturated carbocycles. The van der Waals surface area contributed by atoms with Gasteiger partial charge in [-0.1, -0.05) is 0 Å². The lowest BCUT2D eigenvalue weighted by Gasteiger charge is -2.07. The van der Waals surface area contributed by atoms with Gasteiger partial charge in [0, 0.05) is 19.6 Å². The third-order valence-electron chi connectivity index (χ3n) is 2.80. The highest BCUT2D eigenvalue weighted by Gasteiger charge is 2.02. The van der Waals surface area contributed by atoms with Crippen molar-refractivity contribution in [2.45, 2.75) is 32.1 Å². The van der Waals surface area contributed by atoms with Gasteiger partial charge in [-0.2, -0.15) is 0 Å². The van der Waals surface area contributed by atoms with Crippen molar-refractivity contribution in [1.29, 1.82) is 0 Å². The number of nitrogens with one attached hydrogen (secondary N) is 2. The van der Waals surface area contributed by atoms with Crippen LogP contribution in [0.15, 0.2) is 18.3 Å². The van der Waals surface area contributed by atoms with Crippen molar-refractivity contribution in [3.63, 3.8) is 0 Å². The van der Waals surface area contributed by atoms with E-state index in [0.29, 0.717) is 25.1 Å². The van der Waals surface area contributed by atoms with Crippen LogP contribution < -0.4 is 16.4 Å². The predicted octanol–water partition coefficient (Wildman–Crippen LogP) is 1.33. The molecule has 0 spiro atoms. The van der Waals surface area contributed by atoms with Crippen LogP contribution in [0.3, 0.4) is 0 Å². The van der Waals surface area contributed by atoms with Gasteiger partial charge in [0.2, 0.25) is 5.91 Å². The van der Waals surface area contributed by atoms with Gasteiger partial charge in [-0.25, -0.2) is 4.98 Å². The third-order valence-corrected chi connectivity index (χ3v) is 2.80. The summed E-state index contributed by atoms with van der Waals surface area (Å²) in [5.74, 6) is 0.746. The number of carbonyl (C=O) groups excluding carboxylic acids is 1. The lowest BCUT2D eigenvalue weighted by atomic mass is 10.2. The van der Waals surface area contributed by atoms with E-state index >= 15 is 0 Å². The van der Waals surface area contributed by atoms with E-state index in [-0.39, 0.29) is 12.5 Å². The number of rotatable bonds is 10. The van der Waals surface area contributed by atoms with E-state index < -0.39 is 0 Å². The van der Waals surface area contributed by atoms with Crippen molar-refractivity contribution in [2.24, 2.45) is 5.73 Å². The Kier molecular flexibility index (Phi) is 8.33. The zero-order valence-corrected chi connectivity index (χ0v) is 11.8. The summed E-state index contributed by atoms with van der Waals surface area (Å²) >= 11 is 0. The molecule has 0 saturated heterocycles. The first kappa shape index (κ1) is 16.4. The Bertz CT molecular complexity index is 381. The molecule has 6 nitrogen and oxygen atoms in total. The van der Waals surface area contributed by atoms with Gasteiger partial charge in [0.1, 0.15) is 5.82 Å². The molecule has 0 bridgehead atoms. The second-order valence-corrected chi connectivity index (χ2v) is 4.58. The minimum Gasteiger partial charge on any atom is -0.396 e. The third kappa shape index (κ3) is 7.06. The molecule has 0 atom stereocenters. The molecule has 1 aromatic heterocycles. The van der Waals surface area contributed by atoms with Crippen molar-refractivity contribution in [2.75, 3.05) is 30.3 Å². The highest BCUT2D eigenvalue weighted by Crippen LogP contribution is 2.10. The van der Waals surface area contributed by atoms with E-state index in [1.165, 1.54) is 0 Å². The van der Waals surface area contributed by atoms with E-state index in [0.717, 1.165) is 31.6 Å². The fourth-order valence-electron chi connectivity index (χ4n) is 1.69. The molecule has 0 aromatic carbocycles. The molecule has 1 rings (SSSR count). The summed E-state index contributed by atoms with van der Waals surface area (Å²) in [5, 5.41) is 14.6. The molecule has 1 aromatic rings. The first-order valence-electron chi connectivity index (χ1n) is 7.07. The molecule has 6 heteroatoms. The summed E-state index contributed by atoms with van der Waals surface area (Å²) in [5.41, 5.74) is 6.04. The van der Waals surface area contributed by atoms with Crippen LogP contribution in [0.2, 0.25) is 0 Å². The van der Waals surface area contributed by atoms with E-state index in [1.54, 1.807) is 6.20 Å². The summed E-state index contributed by atoms with van der Waals surface area (Å²) in [6.45, 7) is 1.59. The van der Waals surface area contributed by atoms with Gasteiger partial charge in [0.25, 0.3) is 0 Å². The summed E-state index contributed by atoms with van der Waals surface area (Å²) in [6.07, 6.45) is 5.59. The highest BCUT2D eigenvalue weighted by atomic mass is 16.2. The van der Waals surface area contributed by atoms with Crippen LogP contribution in [0.5, 0.6) is 0 Å². The van der Waals surface area contributed by atoms with Crippen molar-refractivity contribution >= 4 is 17.4 Å². The predicted molar refractivity (Wildman–Crippen MR) is 80.6 cm³/mol. The second kappa shape index (κ2) is 10.2. The standard InChI is InChI=1S/C14H24N4O2/c15-8-4-5-14(20)18-12-6-7-13(17-11-12)16-9-2-1-3-10-19/h6-7,11,19H,1-5,8-10,15H2,(H,16,17)(H,18,20). The molecule has 1 heterocycles. The van der Waals surface area contributed by atoms with Crippen LogP contribution in [0.1, 0.15) is 32.1 Å². The highest BCUT2D eigenvalue weighted by molar-refractivity contribution is 5.90. The van der Waals surface area contributed by atoms with Gasteiger partial charge in [-0.05, 0) is 44.4 Å². The molecule has 0 aliphatic carbocycles. The summed E-state index contributed by atoms with van der Waals surface area (Å²) in [7, 11) is 0. The van der Waals surface area contributed by atoms with Crippen molar-refractivity contribution in [3.8, 4) is 0 Å². The molecular formula is C14H24N4O2. The summed E-state index contributed by atoms with van der Waals surface area (Å²) in [6, 6.07) is 3.66. The number of anilines is 2. The van der Waals surface area contributed by atoms with Crippen LogP contribution in [0.4, 0.5) is 11.5 Å². The number of amides is 1. The largest absolute Gasteiger partial charge is 0.396 e. The molecule has 0 radical (unpaired) electrons. The zero-order chi connectivity index (χ0) is 14.6. The maximum atomic E-state index is 11.5. The number of pyridine rings is 1. The van der Waals surface area contributed by atoms with Gasteiger partial charge in [-0.15, -0.1) is 0 Å².